The van der Waals surface area contributed by atoms with Crippen molar-refractivity contribution >= 4 is 39.5 Å². The quantitative estimate of drug-likeness (QED) is 0.0169. The van der Waals surface area contributed by atoms with Gasteiger partial charge in [-0.1, -0.05) is 298 Å². The molecule has 112 heavy (non-hydrogen) atoms. The summed E-state index contributed by atoms with van der Waals surface area (Å²) in [7, 11) is -10.0. The Labute approximate surface area is 677 Å². The highest BCUT2D eigenvalue weighted by Crippen LogP contribution is 2.45. The van der Waals surface area contributed by atoms with Gasteiger partial charge in [-0.15, -0.1) is 0 Å². The number of esters is 4. The van der Waals surface area contributed by atoms with Crippen LogP contribution in [-0.2, 0) is 65.4 Å². The third-order valence-corrected chi connectivity index (χ3v) is 18.3. The van der Waals surface area contributed by atoms with Gasteiger partial charge < -0.3 is 33.8 Å². The zero-order chi connectivity index (χ0) is 81.7. The Hall–Kier alpha value is -6.62. The number of carbonyl (C=O) groups is 4. The number of aliphatic hydroxyl groups is 1. The molecule has 630 valence electrons. The summed E-state index contributed by atoms with van der Waals surface area (Å²) in [6, 6.07) is 0. The van der Waals surface area contributed by atoms with Crippen molar-refractivity contribution in [2.45, 2.75) is 303 Å². The molecule has 0 bridgehead atoms. The highest BCUT2D eigenvalue weighted by Gasteiger charge is 2.30. The SMILES string of the molecule is CC/C=C\C/C=C\C/C=C\C/C=C\C/C=C\CCCC(=O)OCC(COP(=O)(O)OCC(O)COP(=O)(O)OCC(COC(=O)CCCCCCCC/C=C\C/C=C\C/C=C\C/C=C\CC)OC(=O)CCCCCCCC/C=C\C/C=C\C/C=C\C/C=C\CC)OC(=O)CCC/C=C\C/C=C\C/C=C\C/C=C\C/C=C\CC. The molecular weight excluding hydrogens is 1450 g/mol. The number of unbranched alkanes of at least 4 members (excludes halogenated alkanes) is 14. The van der Waals surface area contributed by atoms with E-state index in [1.54, 1.807) is 0 Å². The van der Waals surface area contributed by atoms with Gasteiger partial charge in [0, 0.05) is 25.7 Å². The van der Waals surface area contributed by atoms with Gasteiger partial charge in [0.05, 0.1) is 26.4 Å². The van der Waals surface area contributed by atoms with Crippen LogP contribution < -0.4 is 0 Å². The van der Waals surface area contributed by atoms with Crippen molar-refractivity contribution in [3.05, 3.63) is 219 Å². The van der Waals surface area contributed by atoms with Crippen LogP contribution in [0.3, 0.4) is 0 Å². The molecule has 0 aliphatic carbocycles. The first-order valence-corrected chi connectivity index (χ1v) is 45.0. The lowest BCUT2D eigenvalue weighted by Gasteiger charge is -2.21. The van der Waals surface area contributed by atoms with E-state index in [4.69, 9.17) is 37.0 Å². The van der Waals surface area contributed by atoms with Gasteiger partial charge in [-0.25, -0.2) is 9.13 Å². The van der Waals surface area contributed by atoms with Crippen molar-refractivity contribution in [1.82, 2.24) is 0 Å². The van der Waals surface area contributed by atoms with Crippen molar-refractivity contribution in [3.8, 4) is 0 Å². The van der Waals surface area contributed by atoms with Crippen LogP contribution >= 0.6 is 15.6 Å². The minimum atomic E-state index is -5.02. The average molecular weight is 1600 g/mol. The molecule has 5 unspecified atom stereocenters. The summed E-state index contributed by atoms with van der Waals surface area (Å²) < 4.78 is 68.7. The number of phosphoric acid groups is 2. The Balaban J connectivity index is 5.54. The smallest absolute Gasteiger partial charge is 0.462 e. The summed E-state index contributed by atoms with van der Waals surface area (Å²) in [6.07, 6.45) is 105. The van der Waals surface area contributed by atoms with Crippen LogP contribution in [-0.4, -0.2) is 96.7 Å². The monoisotopic (exact) mass is 1600 g/mol. The molecule has 17 nitrogen and oxygen atoms in total. The molecule has 0 amide bonds. The third-order valence-electron chi connectivity index (χ3n) is 16.4. The minimum absolute atomic E-state index is 0.00533. The second kappa shape index (κ2) is 82.4. The molecule has 0 fully saturated rings. The molecule has 0 heterocycles. The van der Waals surface area contributed by atoms with Crippen molar-refractivity contribution in [3.63, 3.8) is 0 Å². The lowest BCUT2D eigenvalue weighted by atomic mass is 10.1. The van der Waals surface area contributed by atoms with Crippen molar-refractivity contribution < 1.29 is 80.2 Å². The van der Waals surface area contributed by atoms with Crippen LogP contribution in [0, 0.1) is 0 Å². The van der Waals surface area contributed by atoms with Crippen molar-refractivity contribution in [2.24, 2.45) is 0 Å². The number of phosphoric ester groups is 2. The zero-order valence-electron chi connectivity index (χ0n) is 69.0. The van der Waals surface area contributed by atoms with Gasteiger partial charge in [-0.05, 0) is 180 Å². The molecule has 0 aromatic heterocycles. The topological polar surface area (TPSA) is 237 Å². The molecule has 0 aromatic carbocycles. The number of rotatable bonds is 76. The molecule has 0 aliphatic rings. The largest absolute Gasteiger partial charge is 0.472 e. The van der Waals surface area contributed by atoms with Gasteiger partial charge in [-0.3, -0.25) is 37.3 Å². The maximum absolute atomic E-state index is 13.2. The van der Waals surface area contributed by atoms with Crippen molar-refractivity contribution in [1.29, 1.82) is 0 Å². The van der Waals surface area contributed by atoms with E-state index >= 15 is 0 Å². The number of hydrogen-bond donors (Lipinski definition) is 3. The van der Waals surface area contributed by atoms with Crippen LogP contribution in [0.2, 0.25) is 0 Å². The van der Waals surface area contributed by atoms with E-state index in [0.29, 0.717) is 38.5 Å². The summed E-state index contributed by atoms with van der Waals surface area (Å²) in [4.78, 5) is 73.2. The lowest BCUT2D eigenvalue weighted by molar-refractivity contribution is -0.161. The molecule has 0 radical (unpaired) electrons. The van der Waals surface area contributed by atoms with Gasteiger partial charge in [0.15, 0.2) is 12.2 Å². The van der Waals surface area contributed by atoms with E-state index in [-0.39, 0.29) is 25.7 Å². The predicted molar refractivity (Wildman–Crippen MR) is 463 cm³/mol. The fourth-order valence-corrected chi connectivity index (χ4v) is 11.8. The van der Waals surface area contributed by atoms with Crippen LogP contribution in [0.15, 0.2) is 219 Å². The predicted octanol–water partition coefficient (Wildman–Crippen LogP) is 25.2. The Bertz CT molecular complexity index is 2990. The summed E-state index contributed by atoms with van der Waals surface area (Å²) in [5.41, 5.74) is 0. The van der Waals surface area contributed by atoms with E-state index in [9.17, 15) is 43.2 Å². The standard InChI is InChI=1S/C93H146O17P2/c1-5-9-13-17-21-25-29-33-37-41-43-47-50-54-58-62-66-70-74-78-91(96)104-84-89(110-93(98)80-76-72-68-64-60-56-52-48-44-42-38-34-30-26-22-18-14-10-6-2)86-108-112(101,102)106-82-87(94)81-105-111(99,100)107-85-88(109-92(97)79-75-71-67-63-59-55-51-46-40-36-32-28-24-20-16-12-8-4)83-103-90(95)77-73-69-65-61-57-53-49-45-39-35-31-27-23-19-15-11-7-3/h9-16,21-28,33-40,43-44,47-49,51,53,55,61,63,65,67,87-89,94H,5-8,17-20,29-32,41-42,45-46,50,52,54,56-60,62,64,66,68-86H2,1-4H3,(H,99,100)(H,101,102)/b13-9-,14-10-,15-11-,16-12-,25-21-,26-22-,27-23-,28-24-,37-33-,38-34-,39-35-,40-36-,47-43-,48-44-,53-49-,55-51-,65-61-,67-63-. The molecule has 0 saturated carbocycles. The minimum Gasteiger partial charge on any atom is -0.462 e. The zero-order valence-corrected chi connectivity index (χ0v) is 70.8. The maximum Gasteiger partial charge on any atom is 0.472 e. The number of aliphatic hydroxyl groups excluding tert-OH is 1. The first kappa shape index (κ1) is 105. The Morgan fingerprint density at radius 3 is 0.714 bits per heavy atom. The fraction of sp³-hybridized carbons (Fsp3) is 0.570. The van der Waals surface area contributed by atoms with Crippen LogP contribution in [0.5, 0.6) is 0 Å². The van der Waals surface area contributed by atoms with Crippen LogP contribution in [0.1, 0.15) is 285 Å². The van der Waals surface area contributed by atoms with Gasteiger partial charge in [0.2, 0.25) is 0 Å². The Kier molecular flexibility index (Phi) is 77.5. The molecule has 0 rings (SSSR count). The first-order valence-electron chi connectivity index (χ1n) is 42.0. The number of ether oxygens (including phenoxy) is 4. The fourth-order valence-electron chi connectivity index (χ4n) is 10.2. The molecule has 19 heteroatoms. The summed E-state index contributed by atoms with van der Waals surface area (Å²) in [5.74, 6) is -2.36. The number of allylic oxidation sites excluding steroid dienone is 36. The molecule has 0 spiro atoms. The second-order valence-corrected chi connectivity index (χ2v) is 29.8. The maximum atomic E-state index is 13.2. The van der Waals surface area contributed by atoms with Crippen LogP contribution in [0.4, 0.5) is 0 Å². The van der Waals surface area contributed by atoms with E-state index in [1.807, 2.05) is 24.3 Å². The third kappa shape index (κ3) is 81.4. The summed E-state index contributed by atoms with van der Waals surface area (Å²) in [5, 5.41) is 10.7. The molecule has 5 atom stereocenters. The average Bonchev–Trinajstić information content (AvgIpc) is 0.898. The summed E-state index contributed by atoms with van der Waals surface area (Å²) >= 11 is 0. The van der Waals surface area contributed by atoms with Gasteiger partial charge >= 0.3 is 39.5 Å². The molecule has 0 aliphatic heterocycles. The number of hydrogen-bond acceptors (Lipinski definition) is 15. The van der Waals surface area contributed by atoms with E-state index in [1.165, 1.54) is 0 Å². The summed E-state index contributed by atoms with van der Waals surface area (Å²) in [6.45, 7) is 4.24. The molecular formula is C93H146O17P2. The molecule has 0 saturated heterocycles. The highest BCUT2D eigenvalue weighted by atomic mass is 31.2. The van der Waals surface area contributed by atoms with E-state index in [0.717, 1.165) is 193 Å². The van der Waals surface area contributed by atoms with Crippen LogP contribution in [0.25, 0.3) is 0 Å². The lowest BCUT2D eigenvalue weighted by Crippen LogP contribution is -2.30. The molecule has 3 N–H and O–H groups in total. The second-order valence-electron chi connectivity index (χ2n) is 26.9. The van der Waals surface area contributed by atoms with Gasteiger partial charge in [-0.2, -0.15) is 0 Å². The van der Waals surface area contributed by atoms with Gasteiger partial charge in [0.25, 0.3) is 0 Å². The molecule has 0 aromatic rings. The number of carbonyl (C=O) groups excluding carboxylic acids is 4. The Morgan fingerprint density at radius 2 is 0.446 bits per heavy atom. The van der Waals surface area contributed by atoms with E-state index in [2.05, 4.69) is 222 Å². The first-order chi connectivity index (χ1) is 54.7. The highest BCUT2D eigenvalue weighted by molar-refractivity contribution is 7.47. The van der Waals surface area contributed by atoms with Crippen molar-refractivity contribution in [2.75, 3.05) is 39.6 Å². The van der Waals surface area contributed by atoms with Gasteiger partial charge in [0.1, 0.15) is 19.3 Å². The van der Waals surface area contributed by atoms with E-state index < -0.39 is 97.5 Å². The normalized spacial score (nSPS) is 14.9. The Morgan fingerprint density at radius 1 is 0.250 bits per heavy atom.